The molecule has 0 unspecified atom stereocenters. The second kappa shape index (κ2) is 5.85. The van der Waals surface area contributed by atoms with Crippen LogP contribution in [0.15, 0.2) is 24.3 Å². The molecule has 0 radical (unpaired) electrons. The first kappa shape index (κ1) is 12.2. The molecule has 0 saturated heterocycles. The largest absolute Gasteiger partial charge is 0.326 e. The number of carbonyl (C=O) groups excluding carboxylic acids is 1. The molecule has 0 spiro atoms. The van der Waals surface area contributed by atoms with Crippen molar-refractivity contribution in [1.82, 2.24) is 0 Å². The Balaban J connectivity index is 1.84. The molecule has 2 heteroatoms. The summed E-state index contributed by atoms with van der Waals surface area (Å²) in [6, 6.07) is 7.98. The van der Waals surface area contributed by atoms with E-state index in [1.54, 1.807) is 0 Å². The van der Waals surface area contributed by atoms with Gasteiger partial charge in [0.1, 0.15) is 0 Å². The van der Waals surface area contributed by atoms with E-state index in [-0.39, 0.29) is 5.91 Å². The van der Waals surface area contributed by atoms with Crippen LogP contribution in [0.4, 0.5) is 5.69 Å². The summed E-state index contributed by atoms with van der Waals surface area (Å²) in [5.41, 5.74) is 2.10. The van der Waals surface area contributed by atoms with Crippen LogP contribution < -0.4 is 5.32 Å². The number of aryl methyl sites for hydroxylation is 1. The quantitative estimate of drug-likeness (QED) is 0.839. The van der Waals surface area contributed by atoms with Crippen LogP contribution in [0.1, 0.15) is 44.1 Å². The zero-order chi connectivity index (χ0) is 12.1. The smallest absolute Gasteiger partial charge is 0.224 e. The number of anilines is 1. The molecule has 1 aliphatic rings. The van der Waals surface area contributed by atoms with E-state index in [0.29, 0.717) is 12.3 Å². The fourth-order valence-electron chi connectivity index (χ4n) is 2.59. The molecule has 1 aliphatic carbocycles. The molecule has 1 aromatic rings. The Labute approximate surface area is 103 Å². The van der Waals surface area contributed by atoms with Crippen molar-refractivity contribution < 1.29 is 4.79 Å². The number of carbonyl (C=O) groups is 1. The first-order valence-electron chi connectivity index (χ1n) is 6.60. The molecule has 1 amide bonds. The lowest BCUT2D eigenvalue weighted by atomic mass is 9.87. The van der Waals surface area contributed by atoms with Crippen molar-refractivity contribution in [2.24, 2.45) is 5.92 Å². The number of hydrogen-bond donors (Lipinski definition) is 1. The van der Waals surface area contributed by atoms with Gasteiger partial charge in [-0.15, -0.1) is 0 Å². The molecule has 2 nitrogen and oxygen atoms in total. The minimum Gasteiger partial charge on any atom is -0.326 e. The lowest BCUT2D eigenvalue weighted by molar-refractivity contribution is -0.117. The van der Waals surface area contributed by atoms with E-state index in [0.717, 1.165) is 5.69 Å². The Morgan fingerprint density at radius 1 is 1.29 bits per heavy atom. The highest BCUT2D eigenvalue weighted by Gasteiger charge is 2.16. The molecular weight excluding hydrogens is 210 g/mol. The molecule has 0 aromatic heterocycles. The number of benzene rings is 1. The van der Waals surface area contributed by atoms with Crippen LogP contribution >= 0.6 is 0 Å². The maximum Gasteiger partial charge on any atom is 0.224 e. The molecule has 0 bridgehead atoms. The minimum absolute atomic E-state index is 0.169. The molecule has 1 fully saturated rings. The van der Waals surface area contributed by atoms with Crippen LogP contribution in [-0.4, -0.2) is 5.91 Å². The van der Waals surface area contributed by atoms with Crippen molar-refractivity contribution in [3.05, 3.63) is 29.8 Å². The molecule has 2 rings (SSSR count). The van der Waals surface area contributed by atoms with Gasteiger partial charge >= 0.3 is 0 Å². The SMILES string of the molecule is Cc1cccc(NC(=O)CC2CCCCC2)c1. The van der Waals surface area contributed by atoms with Crippen molar-refractivity contribution in [3.8, 4) is 0 Å². The van der Waals surface area contributed by atoms with E-state index in [1.807, 2.05) is 31.2 Å². The monoisotopic (exact) mass is 231 g/mol. The van der Waals surface area contributed by atoms with E-state index >= 15 is 0 Å². The van der Waals surface area contributed by atoms with E-state index in [4.69, 9.17) is 0 Å². The second-order valence-electron chi connectivity index (χ2n) is 5.13. The van der Waals surface area contributed by atoms with Crippen LogP contribution in [0.2, 0.25) is 0 Å². The van der Waals surface area contributed by atoms with Gasteiger partial charge in [-0.25, -0.2) is 0 Å². The summed E-state index contributed by atoms with van der Waals surface area (Å²) in [6.07, 6.45) is 7.07. The van der Waals surface area contributed by atoms with Gasteiger partial charge in [-0.3, -0.25) is 4.79 Å². The second-order valence-corrected chi connectivity index (χ2v) is 5.13. The Morgan fingerprint density at radius 3 is 2.76 bits per heavy atom. The lowest BCUT2D eigenvalue weighted by Gasteiger charge is -2.20. The van der Waals surface area contributed by atoms with Gasteiger partial charge in [0.15, 0.2) is 0 Å². The average molecular weight is 231 g/mol. The molecule has 92 valence electrons. The van der Waals surface area contributed by atoms with Crippen molar-refractivity contribution in [3.63, 3.8) is 0 Å². The summed E-state index contributed by atoms with van der Waals surface area (Å²) in [5.74, 6) is 0.774. The predicted octanol–water partition coefficient (Wildman–Crippen LogP) is 3.90. The summed E-state index contributed by atoms with van der Waals surface area (Å²) >= 11 is 0. The highest BCUT2D eigenvalue weighted by atomic mass is 16.1. The Hall–Kier alpha value is -1.31. The van der Waals surface area contributed by atoms with Gasteiger partial charge < -0.3 is 5.32 Å². The van der Waals surface area contributed by atoms with Gasteiger partial charge in [-0.1, -0.05) is 31.4 Å². The van der Waals surface area contributed by atoms with Gasteiger partial charge in [0.2, 0.25) is 5.91 Å². The number of nitrogens with one attached hydrogen (secondary N) is 1. The Kier molecular flexibility index (Phi) is 4.18. The maximum atomic E-state index is 11.9. The van der Waals surface area contributed by atoms with Crippen LogP contribution in [-0.2, 0) is 4.79 Å². The summed E-state index contributed by atoms with van der Waals surface area (Å²) in [6.45, 7) is 2.04. The number of hydrogen-bond acceptors (Lipinski definition) is 1. The molecule has 1 saturated carbocycles. The molecule has 0 heterocycles. The van der Waals surface area contributed by atoms with Crippen molar-refractivity contribution in [2.75, 3.05) is 5.32 Å². The predicted molar refractivity (Wildman–Crippen MR) is 71.0 cm³/mol. The van der Waals surface area contributed by atoms with Crippen LogP contribution in [0.5, 0.6) is 0 Å². The van der Waals surface area contributed by atoms with E-state index < -0.39 is 0 Å². The highest BCUT2D eigenvalue weighted by molar-refractivity contribution is 5.90. The topological polar surface area (TPSA) is 29.1 Å². The summed E-state index contributed by atoms with van der Waals surface area (Å²) < 4.78 is 0. The average Bonchev–Trinajstić information content (AvgIpc) is 2.30. The standard InChI is InChI=1S/C15H21NO/c1-12-6-5-9-14(10-12)16-15(17)11-13-7-3-2-4-8-13/h5-6,9-10,13H,2-4,7-8,11H2,1H3,(H,16,17). The third-order valence-corrected chi connectivity index (χ3v) is 3.50. The Bertz CT molecular complexity index is 380. The van der Waals surface area contributed by atoms with Gasteiger partial charge in [0.25, 0.3) is 0 Å². The molecular formula is C15H21NO. The maximum absolute atomic E-state index is 11.9. The van der Waals surface area contributed by atoms with Gasteiger partial charge in [-0.05, 0) is 43.4 Å². The summed E-state index contributed by atoms with van der Waals surface area (Å²) in [7, 11) is 0. The fourth-order valence-corrected chi connectivity index (χ4v) is 2.59. The molecule has 0 atom stereocenters. The number of amides is 1. The normalized spacial score (nSPS) is 16.8. The molecule has 0 aliphatic heterocycles. The van der Waals surface area contributed by atoms with Crippen LogP contribution in [0.25, 0.3) is 0 Å². The third kappa shape index (κ3) is 3.88. The minimum atomic E-state index is 0.169. The van der Waals surface area contributed by atoms with Gasteiger partial charge in [-0.2, -0.15) is 0 Å². The zero-order valence-corrected chi connectivity index (χ0v) is 10.5. The van der Waals surface area contributed by atoms with Crippen molar-refractivity contribution in [1.29, 1.82) is 0 Å². The summed E-state index contributed by atoms with van der Waals surface area (Å²) in [4.78, 5) is 11.9. The Morgan fingerprint density at radius 2 is 2.06 bits per heavy atom. The van der Waals surface area contributed by atoms with Gasteiger partial charge in [0, 0.05) is 12.1 Å². The molecule has 1 N–H and O–H groups in total. The van der Waals surface area contributed by atoms with E-state index in [2.05, 4.69) is 5.32 Å². The van der Waals surface area contributed by atoms with Gasteiger partial charge in [0.05, 0.1) is 0 Å². The lowest BCUT2D eigenvalue weighted by Crippen LogP contribution is -2.18. The fraction of sp³-hybridized carbons (Fsp3) is 0.533. The molecule has 17 heavy (non-hydrogen) atoms. The van der Waals surface area contributed by atoms with Crippen molar-refractivity contribution >= 4 is 11.6 Å². The first-order chi connectivity index (χ1) is 8.24. The van der Waals surface area contributed by atoms with Crippen LogP contribution in [0.3, 0.4) is 0 Å². The summed E-state index contributed by atoms with van der Waals surface area (Å²) in [5, 5.41) is 2.99. The molecule has 1 aromatic carbocycles. The van der Waals surface area contributed by atoms with Crippen molar-refractivity contribution in [2.45, 2.75) is 45.4 Å². The highest BCUT2D eigenvalue weighted by Crippen LogP contribution is 2.26. The third-order valence-electron chi connectivity index (χ3n) is 3.50. The first-order valence-corrected chi connectivity index (χ1v) is 6.60. The zero-order valence-electron chi connectivity index (χ0n) is 10.5. The van der Waals surface area contributed by atoms with E-state index in [9.17, 15) is 4.79 Å². The number of rotatable bonds is 3. The van der Waals surface area contributed by atoms with E-state index in [1.165, 1.54) is 37.7 Å². The van der Waals surface area contributed by atoms with Crippen LogP contribution in [0, 0.1) is 12.8 Å².